The number of hydrogen-bond acceptors (Lipinski definition) is 5. The lowest BCUT2D eigenvalue weighted by Crippen LogP contribution is -2.25. The van der Waals surface area contributed by atoms with E-state index in [0.717, 1.165) is 5.69 Å². The Morgan fingerprint density at radius 1 is 1.08 bits per heavy atom. The van der Waals surface area contributed by atoms with Crippen LogP contribution in [-0.4, -0.2) is 34.7 Å². The Kier molecular flexibility index (Phi) is 4.62. The fourth-order valence-corrected chi connectivity index (χ4v) is 2.66. The van der Waals surface area contributed by atoms with Crippen LogP contribution < -0.4 is 4.90 Å². The van der Waals surface area contributed by atoms with Crippen molar-refractivity contribution in [2.24, 2.45) is 0 Å². The molecule has 1 heterocycles. The SMILES string of the molecule is CC(C)N(C)c1cc(-c2cccc(C(O)C(F)(F)F)c2)cc2nonc12. The van der Waals surface area contributed by atoms with E-state index in [1.54, 1.807) is 12.1 Å². The van der Waals surface area contributed by atoms with Crippen molar-refractivity contribution < 1.29 is 22.9 Å². The van der Waals surface area contributed by atoms with Gasteiger partial charge in [0.05, 0.1) is 5.69 Å². The molecule has 1 N–H and O–H groups in total. The second kappa shape index (κ2) is 6.60. The Hall–Kier alpha value is -2.61. The number of rotatable bonds is 4. The number of halogens is 3. The van der Waals surface area contributed by atoms with Crippen LogP contribution in [0.1, 0.15) is 25.5 Å². The number of aliphatic hydroxyl groups is 1. The topological polar surface area (TPSA) is 62.4 Å². The molecule has 0 amide bonds. The van der Waals surface area contributed by atoms with E-state index in [-0.39, 0.29) is 11.6 Å². The van der Waals surface area contributed by atoms with Gasteiger partial charge in [0.1, 0.15) is 5.52 Å². The van der Waals surface area contributed by atoms with Crippen LogP contribution in [0.5, 0.6) is 0 Å². The van der Waals surface area contributed by atoms with E-state index in [2.05, 4.69) is 10.3 Å². The predicted octanol–water partition coefficient (Wildman–Crippen LogP) is 4.33. The molecular weight excluding hydrogens is 347 g/mol. The van der Waals surface area contributed by atoms with Crippen LogP contribution in [0.25, 0.3) is 22.2 Å². The second-order valence-corrected chi connectivity index (χ2v) is 6.40. The zero-order valence-corrected chi connectivity index (χ0v) is 14.4. The average Bonchev–Trinajstić information content (AvgIpc) is 3.07. The number of benzene rings is 2. The Morgan fingerprint density at radius 3 is 2.46 bits per heavy atom. The fraction of sp³-hybridized carbons (Fsp3) is 0.333. The summed E-state index contributed by atoms with van der Waals surface area (Å²) in [6.45, 7) is 4.01. The van der Waals surface area contributed by atoms with Gasteiger partial charge in [0.2, 0.25) is 0 Å². The van der Waals surface area contributed by atoms with Gasteiger partial charge >= 0.3 is 6.18 Å². The van der Waals surface area contributed by atoms with Crippen LogP contribution >= 0.6 is 0 Å². The molecule has 1 atom stereocenters. The Labute approximate surface area is 148 Å². The minimum absolute atomic E-state index is 0.170. The third-order valence-corrected chi connectivity index (χ3v) is 4.34. The van der Waals surface area contributed by atoms with Gasteiger partial charge < -0.3 is 10.0 Å². The summed E-state index contributed by atoms with van der Waals surface area (Å²) in [5.74, 6) is 0. The van der Waals surface area contributed by atoms with Gasteiger partial charge in [-0.15, -0.1) is 0 Å². The molecule has 0 aliphatic heterocycles. The van der Waals surface area contributed by atoms with Crippen molar-refractivity contribution in [2.45, 2.75) is 32.2 Å². The van der Waals surface area contributed by atoms with Crippen LogP contribution in [0.2, 0.25) is 0 Å². The molecule has 0 radical (unpaired) electrons. The fourth-order valence-electron chi connectivity index (χ4n) is 2.66. The van der Waals surface area contributed by atoms with Crippen molar-refractivity contribution >= 4 is 16.7 Å². The summed E-state index contributed by atoms with van der Waals surface area (Å²) in [4.78, 5) is 1.98. The highest BCUT2D eigenvalue weighted by atomic mass is 19.4. The van der Waals surface area contributed by atoms with Crippen LogP contribution in [0.4, 0.5) is 18.9 Å². The Bertz CT molecular complexity index is 921. The molecule has 5 nitrogen and oxygen atoms in total. The first-order chi connectivity index (χ1) is 12.2. The maximum Gasteiger partial charge on any atom is 0.418 e. The van der Waals surface area contributed by atoms with Gasteiger partial charge in [-0.05, 0) is 59.1 Å². The van der Waals surface area contributed by atoms with E-state index >= 15 is 0 Å². The summed E-state index contributed by atoms with van der Waals surface area (Å²) in [7, 11) is 1.89. The molecule has 26 heavy (non-hydrogen) atoms. The third kappa shape index (κ3) is 3.37. The van der Waals surface area contributed by atoms with Crippen molar-refractivity contribution in [3.8, 4) is 11.1 Å². The van der Waals surface area contributed by atoms with Crippen LogP contribution in [-0.2, 0) is 0 Å². The van der Waals surface area contributed by atoms with Crippen molar-refractivity contribution in [3.63, 3.8) is 0 Å². The number of aromatic nitrogens is 2. The molecule has 0 spiro atoms. The lowest BCUT2D eigenvalue weighted by atomic mass is 9.99. The normalized spacial score (nSPS) is 13.4. The largest absolute Gasteiger partial charge is 0.418 e. The maximum atomic E-state index is 12.8. The van der Waals surface area contributed by atoms with Crippen molar-refractivity contribution in [1.29, 1.82) is 0 Å². The summed E-state index contributed by atoms with van der Waals surface area (Å²) in [6.07, 6.45) is -7.25. The third-order valence-electron chi connectivity index (χ3n) is 4.34. The Morgan fingerprint density at radius 2 is 1.81 bits per heavy atom. The number of fused-ring (bicyclic) bond motifs is 1. The molecule has 1 unspecified atom stereocenters. The van der Waals surface area contributed by atoms with Gasteiger partial charge in [-0.25, -0.2) is 4.63 Å². The first-order valence-corrected chi connectivity index (χ1v) is 8.02. The molecule has 1 aromatic heterocycles. The smallest absolute Gasteiger partial charge is 0.379 e. The number of nitrogens with zero attached hydrogens (tertiary/aromatic N) is 3. The number of hydrogen-bond donors (Lipinski definition) is 1. The zero-order valence-electron chi connectivity index (χ0n) is 14.4. The van der Waals surface area contributed by atoms with Gasteiger partial charge in [0.25, 0.3) is 0 Å². The minimum atomic E-state index is -4.72. The summed E-state index contributed by atoms with van der Waals surface area (Å²) in [6, 6.07) is 9.43. The first-order valence-electron chi connectivity index (χ1n) is 8.02. The molecule has 2 aromatic carbocycles. The molecule has 0 aliphatic carbocycles. The standard InChI is InChI=1S/C18H18F3N3O2/c1-10(2)24(3)15-9-13(8-14-16(15)23-26-22-14)11-5-4-6-12(7-11)17(25)18(19,20)21/h4-10,17,25H,1-3H3. The molecule has 138 valence electrons. The van der Waals surface area contributed by atoms with Gasteiger partial charge in [0, 0.05) is 13.1 Å². The van der Waals surface area contributed by atoms with Crippen molar-refractivity contribution in [1.82, 2.24) is 10.3 Å². The van der Waals surface area contributed by atoms with E-state index in [0.29, 0.717) is 22.2 Å². The molecule has 0 saturated heterocycles. The van der Waals surface area contributed by atoms with Gasteiger partial charge in [-0.2, -0.15) is 13.2 Å². The highest BCUT2D eigenvalue weighted by molar-refractivity contribution is 5.92. The van der Waals surface area contributed by atoms with E-state index in [4.69, 9.17) is 4.63 Å². The maximum absolute atomic E-state index is 12.8. The van der Waals surface area contributed by atoms with Crippen molar-refractivity contribution in [3.05, 3.63) is 42.0 Å². The molecule has 0 bridgehead atoms. The van der Waals surface area contributed by atoms with E-state index in [1.165, 1.54) is 18.2 Å². The lowest BCUT2D eigenvalue weighted by molar-refractivity contribution is -0.206. The summed E-state index contributed by atoms with van der Waals surface area (Å²) in [5, 5.41) is 17.3. The van der Waals surface area contributed by atoms with Crippen molar-refractivity contribution in [2.75, 3.05) is 11.9 Å². The minimum Gasteiger partial charge on any atom is -0.379 e. The van der Waals surface area contributed by atoms with Crippen LogP contribution in [0.3, 0.4) is 0 Å². The Balaban J connectivity index is 2.11. The van der Waals surface area contributed by atoms with Crippen LogP contribution in [0, 0.1) is 0 Å². The average molecular weight is 365 g/mol. The van der Waals surface area contributed by atoms with E-state index < -0.39 is 12.3 Å². The van der Waals surface area contributed by atoms with Gasteiger partial charge in [-0.1, -0.05) is 18.2 Å². The second-order valence-electron chi connectivity index (χ2n) is 6.40. The lowest BCUT2D eigenvalue weighted by Gasteiger charge is -2.24. The summed E-state index contributed by atoms with van der Waals surface area (Å²) >= 11 is 0. The monoisotopic (exact) mass is 365 g/mol. The highest BCUT2D eigenvalue weighted by Crippen LogP contribution is 2.36. The number of anilines is 1. The quantitative estimate of drug-likeness (QED) is 0.746. The predicted molar refractivity (Wildman–Crippen MR) is 91.8 cm³/mol. The zero-order chi connectivity index (χ0) is 19.1. The number of aliphatic hydroxyl groups excluding tert-OH is 1. The van der Waals surface area contributed by atoms with E-state index in [1.807, 2.05) is 31.9 Å². The molecule has 0 saturated carbocycles. The first kappa shape index (κ1) is 18.2. The molecule has 0 fully saturated rings. The molecule has 0 aliphatic rings. The molecule has 3 aromatic rings. The van der Waals surface area contributed by atoms with Crippen LogP contribution in [0.15, 0.2) is 41.0 Å². The summed E-state index contributed by atoms with van der Waals surface area (Å²) in [5.41, 5.74) is 2.83. The number of alkyl halides is 3. The van der Waals surface area contributed by atoms with Gasteiger partial charge in [0.15, 0.2) is 11.6 Å². The molecule has 8 heteroatoms. The summed E-state index contributed by atoms with van der Waals surface area (Å²) < 4.78 is 43.2. The van der Waals surface area contributed by atoms with E-state index in [9.17, 15) is 18.3 Å². The molecular formula is C18H18F3N3O2. The highest BCUT2D eigenvalue weighted by Gasteiger charge is 2.39. The van der Waals surface area contributed by atoms with Gasteiger partial charge in [-0.3, -0.25) is 0 Å². The molecule has 3 rings (SSSR count).